The molecule has 0 aromatic carbocycles. The number of hydrogen-bond donors (Lipinski definition) is 1. The summed E-state index contributed by atoms with van der Waals surface area (Å²) < 4.78 is 5.45. The lowest BCUT2D eigenvalue weighted by Gasteiger charge is -2.07. The van der Waals surface area contributed by atoms with Crippen LogP contribution >= 0.6 is 11.3 Å². The molecule has 0 unspecified atom stereocenters. The molecule has 0 aliphatic heterocycles. The van der Waals surface area contributed by atoms with Gasteiger partial charge in [-0.2, -0.15) is 0 Å². The Morgan fingerprint density at radius 1 is 1.50 bits per heavy atom. The predicted molar refractivity (Wildman–Crippen MR) is 66.0 cm³/mol. The maximum atomic E-state index is 5.45. The van der Waals surface area contributed by atoms with Crippen molar-refractivity contribution in [2.75, 3.05) is 11.9 Å². The van der Waals surface area contributed by atoms with E-state index < -0.39 is 0 Å². The molecule has 0 fully saturated rings. The Morgan fingerprint density at radius 3 is 3.31 bits per heavy atom. The highest BCUT2D eigenvalue weighted by Gasteiger charge is 2.22. The summed E-state index contributed by atoms with van der Waals surface area (Å²) in [6.45, 7) is 3.15. The van der Waals surface area contributed by atoms with Gasteiger partial charge < -0.3 is 9.73 Å². The average molecular weight is 234 g/mol. The Morgan fingerprint density at radius 2 is 2.44 bits per heavy atom. The first-order valence-electron chi connectivity index (χ1n) is 5.69. The van der Waals surface area contributed by atoms with Crippen molar-refractivity contribution in [2.45, 2.75) is 26.2 Å². The highest BCUT2D eigenvalue weighted by molar-refractivity contribution is 7.16. The summed E-state index contributed by atoms with van der Waals surface area (Å²) in [5, 5.41) is 4.39. The van der Waals surface area contributed by atoms with Gasteiger partial charge in [-0.25, -0.2) is 4.98 Å². The van der Waals surface area contributed by atoms with Gasteiger partial charge in [0, 0.05) is 23.4 Å². The fourth-order valence-corrected chi connectivity index (χ4v) is 3.01. The third-order valence-electron chi connectivity index (χ3n) is 2.80. The minimum Gasteiger partial charge on any atom is -0.469 e. The summed E-state index contributed by atoms with van der Waals surface area (Å²) in [6, 6.07) is 2.02. The smallest absolute Gasteiger partial charge is 0.183 e. The van der Waals surface area contributed by atoms with Crippen molar-refractivity contribution in [1.82, 2.24) is 4.98 Å². The molecule has 0 saturated heterocycles. The number of furan rings is 1. The van der Waals surface area contributed by atoms with E-state index in [0.717, 1.165) is 42.4 Å². The monoisotopic (exact) mass is 234 g/mol. The number of nitrogens with one attached hydrogen (secondary N) is 1. The van der Waals surface area contributed by atoms with Crippen LogP contribution in [-0.4, -0.2) is 11.5 Å². The SMILES string of the molecule is CCCNc1nc2c(s1)CCc1occc1-2. The molecule has 1 N–H and O–H groups in total. The van der Waals surface area contributed by atoms with Crippen LogP contribution in [0.2, 0.25) is 0 Å². The van der Waals surface area contributed by atoms with Gasteiger partial charge in [0.05, 0.1) is 12.0 Å². The lowest BCUT2D eigenvalue weighted by Crippen LogP contribution is -1.99. The lowest BCUT2D eigenvalue weighted by atomic mass is 10.0. The van der Waals surface area contributed by atoms with Gasteiger partial charge >= 0.3 is 0 Å². The zero-order valence-corrected chi connectivity index (χ0v) is 10.1. The summed E-state index contributed by atoms with van der Waals surface area (Å²) in [4.78, 5) is 6.03. The molecule has 0 saturated carbocycles. The van der Waals surface area contributed by atoms with Gasteiger partial charge in [-0.1, -0.05) is 6.92 Å². The van der Waals surface area contributed by atoms with Gasteiger partial charge in [-0.15, -0.1) is 11.3 Å². The van der Waals surface area contributed by atoms with Crippen LogP contribution in [0.5, 0.6) is 0 Å². The van der Waals surface area contributed by atoms with Crippen LogP contribution in [0.25, 0.3) is 11.3 Å². The molecule has 4 heteroatoms. The summed E-state index contributed by atoms with van der Waals surface area (Å²) in [7, 11) is 0. The lowest BCUT2D eigenvalue weighted by molar-refractivity contribution is 0.508. The third-order valence-corrected chi connectivity index (χ3v) is 3.88. The van der Waals surface area contributed by atoms with Gasteiger partial charge in [0.2, 0.25) is 0 Å². The van der Waals surface area contributed by atoms with E-state index in [1.54, 1.807) is 17.6 Å². The van der Waals surface area contributed by atoms with Gasteiger partial charge in [-0.05, 0) is 18.9 Å². The number of nitrogens with zero attached hydrogens (tertiary/aromatic N) is 1. The molecule has 16 heavy (non-hydrogen) atoms. The fraction of sp³-hybridized carbons (Fsp3) is 0.417. The first kappa shape index (κ1) is 9.90. The molecule has 2 heterocycles. The molecule has 84 valence electrons. The van der Waals surface area contributed by atoms with E-state index in [1.807, 2.05) is 6.07 Å². The molecule has 0 spiro atoms. The molecule has 1 aliphatic carbocycles. The predicted octanol–water partition coefficient (Wildman–Crippen LogP) is 3.32. The standard InChI is InChI=1S/C12H14N2OS/c1-2-6-13-12-14-11-8-5-7-15-9(8)3-4-10(11)16-12/h5,7H,2-4,6H2,1H3,(H,13,14). The van der Waals surface area contributed by atoms with E-state index in [0.29, 0.717) is 0 Å². The Bertz CT molecular complexity index is 501. The summed E-state index contributed by atoms with van der Waals surface area (Å²) in [5.41, 5.74) is 2.31. The summed E-state index contributed by atoms with van der Waals surface area (Å²) in [6.07, 6.45) is 4.95. The number of aromatic nitrogens is 1. The van der Waals surface area contributed by atoms with Crippen LogP contribution in [0.3, 0.4) is 0 Å². The topological polar surface area (TPSA) is 38.1 Å². The molecule has 3 nitrogen and oxygen atoms in total. The Hall–Kier alpha value is -1.29. The number of aryl methyl sites for hydroxylation is 2. The van der Waals surface area contributed by atoms with Crippen LogP contribution in [0.15, 0.2) is 16.7 Å². The second-order valence-corrected chi connectivity index (χ2v) is 5.06. The van der Waals surface area contributed by atoms with Crippen molar-refractivity contribution in [1.29, 1.82) is 0 Å². The minimum atomic E-state index is 0.991. The Labute approximate surface area is 98.5 Å². The van der Waals surface area contributed by atoms with E-state index in [4.69, 9.17) is 4.42 Å². The second kappa shape index (κ2) is 3.94. The Kier molecular flexibility index (Phi) is 2.44. The fourth-order valence-electron chi connectivity index (χ4n) is 2.01. The maximum absolute atomic E-state index is 5.45. The number of rotatable bonds is 3. The van der Waals surface area contributed by atoms with Crippen LogP contribution in [0.4, 0.5) is 5.13 Å². The molecule has 0 radical (unpaired) electrons. The van der Waals surface area contributed by atoms with Crippen LogP contribution in [0.1, 0.15) is 24.0 Å². The van der Waals surface area contributed by atoms with Gasteiger partial charge in [0.1, 0.15) is 5.76 Å². The number of anilines is 1. The van der Waals surface area contributed by atoms with E-state index in [2.05, 4.69) is 17.2 Å². The highest BCUT2D eigenvalue weighted by atomic mass is 32.1. The van der Waals surface area contributed by atoms with Crippen LogP contribution < -0.4 is 5.32 Å². The van der Waals surface area contributed by atoms with Gasteiger partial charge in [-0.3, -0.25) is 0 Å². The average Bonchev–Trinajstić information content (AvgIpc) is 2.90. The molecule has 2 aromatic heterocycles. The zero-order valence-electron chi connectivity index (χ0n) is 9.25. The first-order valence-corrected chi connectivity index (χ1v) is 6.50. The van der Waals surface area contributed by atoms with Gasteiger partial charge in [0.15, 0.2) is 5.13 Å². The minimum absolute atomic E-state index is 0.991. The normalized spacial score (nSPS) is 13.3. The maximum Gasteiger partial charge on any atom is 0.183 e. The number of hydrogen-bond acceptors (Lipinski definition) is 4. The van der Waals surface area contributed by atoms with Crippen molar-refractivity contribution >= 4 is 16.5 Å². The highest BCUT2D eigenvalue weighted by Crippen LogP contribution is 2.38. The molecule has 0 amide bonds. The van der Waals surface area contributed by atoms with Crippen molar-refractivity contribution in [3.63, 3.8) is 0 Å². The largest absolute Gasteiger partial charge is 0.469 e. The van der Waals surface area contributed by atoms with E-state index in [9.17, 15) is 0 Å². The first-order chi connectivity index (χ1) is 7.88. The molecule has 3 rings (SSSR count). The Balaban J connectivity index is 1.96. The number of fused-ring (bicyclic) bond motifs is 3. The summed E-state index contributed by atoms with van der Waals surface area (Å²) >= 11 is 1.78. The molecular weight excluding hydrogens is 220 g/mol. The second-order valence-electron chi connectivity index (χ2n) is 3.98. The van der Waals surface area contributed by atoms with Crippen molar-refractivity contribution in [2.24, 2.45) is 0 Å². The quantitative estimate of drug-likeness (QED) is 0.885. The molecule has 1 aliphatic rings. The zero-order chi connectivity index (χ0) is 11.0. The molecule has 0 bridgehead atoms. The van der Waals surface area contributed by atoms with Gasteiger partial charge in [0.25, 0.3) is 0 Å². The van der Waals surface area contributed by atoms with E-state index in [1.165, 1.54) is 10.4 Å². The molecular formula is C12H14N2OS. The van der Waals surface area contributed by atoms with Crippen molar-refractivity contribution < 1.29 is 4.42 Å². The van der Waals surface area contributed by atoms with Crippen LogP contribution in [-0.2, 0) is 12.8 Å². The third kappa shape index (κ3) is 1.53. The molecule has 0 atom stereocenters. The van der Waals surface area contributed by atoms with E-state index in [-0.39, 0.29) is 0 Å². The van der Waals surface area contributed by atoms with Crippen molar-refractivity contribution in [3.05, 3.63) is 23.0 Å². The van der Waals surface area contributed by atoms with Crippen LogP contribution in [0, 0.1) is 0 Å². The van der Waals surface area contributed by atoms with E-state index >= 15 is 0 Å². The molecule has 2 aromatic rings. The summed E-state index contributed by atoms with van der Waals surface area (Å²) in [5.74, 6) is 1.08. The van der Waals surface area contributed by atoms with Crippen molar-refractivity contribution in [3.8, 4) is 11.3 Å². The number of thiazole rings is 1.